The largest absolute Gasteiger partial charge is 0.466 e. The number of aromatic nitrogens is 2. The Morgan fingerprint density at radius 2 is 2.18 bits per heavy atom. The molecule has 0 radical (unpaired) electrons. The van der Waals surface area contributed by atoms with Crippen molar-refractivity contribution in [1.82, 2.24) is 9.97 Å². The number of anilines is 1. The molecule has 2 aromatic heterocycles. The van der Waals surface area contributed by atoms with Gasteiger partial charge in [-0.05, 0) is 44.5 Å². The molecule has 0 fully saturated rings. The number of nitrogens with zero attached hydrogens (tertiary/aromatic N) is 2. The van der Waals surface area contributed by atoms with E-state index in [1.165, 1.54) is 0 Å². The van der Waals surface area contributed by atoms with Crippen LogP contribution in [0.25, 0.3) is 0 Å². The van der Waals surface area contributed by atoms with Gasteiger partial charge in [-0.3, -0.25) is 0 Å². The van der Waals surface area contributed by atoms with E-state index in [1.54, 1.807) is 12.3 Å². The molecule has 2 rings (SSSR count). The lowest BCUT2D eigenvalue weighted by Gasteiger charge is -2.13. The monoisotopic (exact) mass is 251 g/mol. The molecule has 0 aromatic carbocycles. The molecule has 2 aromatic rings. The van der Waals surface area contributed by atoms with E-state index >= 15 is 0 Å². The molecule has 0 saturated heterocycles. The van der Waals surface area contributed by atoms with Crippen LogP contribution < -0.4 is 5.32 Å². The fourth-order valence-electron chi connectivity index (χ4n) is 1.80. The van der Waals surface area contributed by atoms with Crippen LogP contribution >= 0.6 is 11.6 Å². The van der Waals surface area contributed by atoms with Gasteiger partial charge in [0.1, 0.15) is 17.3 Å². The van der Waals surface area contributed by atoms with Crippen LogP contribution in [0.3, 0.4) is 0 Å². The summed E-state index contributed by atoms with van der Waals surface area (Å²) in [6.45, 7) is 5.94. The first-order valence-corrected chi connectivity index (χ1v) is 5.76. The third-order valence-electron chi connectivity index (χ3n) is 2.54. The summed E-state index contributed by atoms with van der Waals surface area (Å²) < 4.78 is 5.50. The zero-order valence-corrected chi connectivity index (χ0v) is 10.7. The van der Waals surface area contributed by atoms with E-state index in [-0.39, 0.29) is 11.3 Å². The van der Waals surface area contributed by atoms with E-state index in [1.807, 2.05) is 26.8 Å². The molecule has 17 heavy (non-hydrogen) atoms. The number of hydrogen-bond acceptors (Lipinski definition) is 4. The van der Waals surface area contributed by atoms with Gasteiger partial charge in [0, 0.05) is 11.8 Å². The molecule has 2 heterocycles. The molecule has 1 N–H and O–H groups in total. The number of rotatable bonds is 3. The summed E-state index contributed by atoms with van der Waals surface area (Å²) in [5.41, 5.74) is 1.12. The molecule has 4 nitrogen and oxygen atoms in total. The minimum Gasteiger partial charge on any atom is -0.466 e. The Labute approximate surface area is 105 Å². The normalized spacial score (nSPS) is 12.5. The molecule has 0 aliphatic rings. The summed E-state index contributed by atoms with van der Waals surface area (Å²) in [5.74, 6) is 2.53. The summed E-state index contributed by atoms with van der Waals surface area (Å²) in [7, 11) is 0. The first kappa shape index (κ1) is 11.9. The quantitative estimate of drug-likeness (QED) is 0.848. The van der Waals surface area contributed by atoms with Crippen molar-refractivity contribution < 1.29 is 4.42 Å². The average Bonchev–Trinajstić information content (AvgIpc) is 2.58. The van der Waals surface area contributed by atoms with Crippen molar-refractivity contribution in [2.75, 3.05) is 5.32 Å². The zero-order chi connectivity index (χ0) is 12.4. The Morgan fingerprint density at radius 3 is 2.76 bits per heavy atom. The maximum absolute atomic E-state index is 5.73. The van der Waals surface area contributed by atoms with Crippen molar-refractivity contribution in [3.05, 3.63) is 40.7 Å². The van der Waals surface area contributed by atoms with Crippen molar-refractivity contribution in [3.8, 4) is 0 Å². The fourth-order valence-corrected chi connectivity index (χ4v) is 1.94. The summed E-state index contributed by atoms with van der Waals surface area (Å²) in [6, 6.07) is 3.92. The van der Waals surface area contributed by atoms with Gasteiger partial charge < -0.3 is 9.73 Å². The van der Waals surface area contributed by atoms with Crippen LogP contribution in [0, 0.1) is 13.8 Å². The minimum absolute atomic E-state index is 0.110. The van der Waals surface area contributed by atoms with E-state index in [4.69, 9.17) is 16.0 Å². The van der Waals surface area contributed by atoms with Crippen LogP contribution in [0.2, 0.25) is 5.28 Å². The fraction of sp³-hybridized carbons (Fsp3) is 0.333. The number of halogens is 1. The van der Waals surface area contributed by atoms with Crippen LogP contribution in [0.15, 0.2) is 22.7 Å². The highest BCUT2D eigenvalue weighted by Gasteiger charge is 2.13. The number of nitrogens with one attached hydrogen (secondary N) is 1. The van der Waals surface area contributed by atoms with Gasteiger partial charge in [0.05, 0.1) is 6.04 Å². The third-order valence-corrected chi connectivity index (χ3v) is 2.72. The molecule has 0 aliphatic heterocycles. The van der Waals surface area contributed by atoms with Gasteiger partial charge in [-0.15, -0.1) is 0 Å². The maximum Gasteiger partial charge on any atom is 0.224 e. The highest BCUT2D eigenvalue weighted by molar-refractivity contribution is 6.28. The molecule has 0 saturated carbocycles. The minimum atomic E-state index is 0.110. The second kappa shape index (κ2) is 4.75. The number of furan rings is 1. The highest BCUT2D eigenvalue weighted by atomic mass is 35.5. The molecular formula is C12H14ClN3O. The molecule has 0 aliphatic carbocycles. The van der Waals surface area contributed by atoms with Gasteiger partial charge in [0.15, 0.2) is 0 Å². The molecule has 0 bridgehead atoms. The summed E-state index contributed by atoms with van der Waals surface area (Å²) >= 11 is 5.73. The van der Waals surface area contributed by atoms with Gasteiger partial charge in [-0.2, -0.15) is 0 Å². The number of aryl methyl sites for hydroxylation is 2. The molecule has 1 unspecified atom stereocenters. The van der Waals surface area contributed by atoms with Crippen LogP contribution in [0.1, 0.15) is 30.0 Å². The molecule has 90 valence electrons. The van der Waals surface area contributed by atoms with E-state index < -0.39 is 0 Å². The molecule has 0 amide bonds. The van der Waals surface area contributed by atoms with Crippen LogP contribution in [-0.4, -0.2) is 9.97 Å². The van der Waals surface area contributed by atoms with Gasteiger partial charge in [-0.25, -0.2) is 9.97 Å². The Balaban J connectivity index is 2.16. The number of hydrogen-bond donors (Lipinski definition) is 1. The van der Waals surface area contributed by atoms with Crippen molar-refractivity contribution in [2.24, 2.45) is 0 Å². The zero-order valence-electron chi connectivity index (χ0n) is 9.99. The van der Waals surface area contributed by atoms with E-state index in [2.05, 4.69) is 15.3 Å². The average molecular weight is 252 g/mol. The summed E-state index contributed by atoms with van der Waals surface area (Å²) in [4.78, 5) is 7.93. The Bertz CT molecular complexity index is 524. The topological polar surface area (TPSA) is 51.0 Å². The van der Waals surface area contributed by atoms with E-state index in [0.717, 1.165) is 17.1 Å². The first-order valence-electron chi connectivity index (χ1n) is 5.38. The van der Waals surface area contributed by atoms with Gasteiger partial charge in [-0.1, -0.05) is 0 Å². The van der Waals surface area contributed by atoms with Gasteiger partial charge in [0.25, 0.3) is 0 Å². The molecular weight excluding hydrogens is 238 g/mol. The molecule has 1 atom stereocenters. The van der Waals surface area contributed by atoms with Gasteiger partial charge in [0.2, 0.25) is 5.28 Å². The second-order valence-electron chi connectivity index (χ2n) is 3.95. The van der Waals surface area contributed by atoms with Crippen LogP contribution in [-0.2, 0) is 0 Å². The smallest absolute Gasteiger partial charge is 0.224 e. The lowest BCUT2D eigenvalue weighted by molar-refractivity contribution is 0.500. The van der Waals surface area contributed by atoms with Crippen molar-refractivity contribution in [1.29, 1.82) is 0 Å². The second-order valence-corrected chi connectivity index (χ2v) is 4.28. The summed E-state index contributed by atoms with van der Waals surface area (Å²) in [5, 5.41) is 3.50. The van der Waals surface area contributed by atoms with Crippen molar-refractivity contribution >= 4 is 17.4 Å². The van der Waals surface area contributed by atoms with E-state index in [9.17, 15) is 0 Å². The SMILES string of the molecule is Cc1cc(C(C)Nc2ccnc(Cl)n2)c(C)o1. The molecule has 5 heteroatoms. The van der Waals surface area contributed by atoms with Gasteiger partial charge >= 0.3 is 0 Å². The lowest BCUT2D eigenvalue weighted by Crippen LogP contribution is -2.08. The Kier molecular flexibility index (Phi) is 3.33. The first-order chi connectivity index (χ1) is 8.06. The Hall–Kier alpha value is -1.55. The van der Waals surface area contributed by atoms with Crippen LogP contribution in [0.5, 0.6) is 0 Å². The maximum atomic E-state index is 5.73. The third kappa shape index (κ3) is 2.77. The van der Waals surface area contributed by atoms with Crippen molar-refractivity contribution in [2.45, 2.75) is 26.8 Å². The predicted octanol–water partition coefficient (Wildman–Crippen LogP) is 3.51. The summed E-state index contributed by atoms with van der Waals surface area (Å²) in [6.07, 6.45) is 1.62. The standard InChI is InChI=1S/C12H14ClN3O/c1-7-6-10(9(3)17-7)8(2)15-11-4-5-14-12(13)16-11/h4-6,8H,1-3H3,(H,14,15,16). The molecule has 0 spiro atoms. The van der Waals surface area contributed by atoms with E-state index in [0.29, 0.717) is 5.82 Å². The lowest BCUT2D eigenvalue weighted by atomic mass is 10.1. The predicted molar refractivity (Wildman–Crippen MR) is 67.3 cm³/mol. The Morgan fingerprint density at radius 1 is 1.41 bits per heavy atom. The highest BCUT2D eigenvalue weighted by Crippen LogP contribution is 2.24. The van der Waals surface area contributed by atoms with Crippen molar-refractivity contribution in [3.63, 3.8) is 0 Å². The van der Waals surface area contributed by atoms with Crippen LogP contribution in [0.4, 0.5) is 5.82 Å².